The zero-order valence-corrected chi connectivity index (χ0v) is 12.0. The normalized spacial score (nSPS) is 17.5. The molecule has 1 aromatic carbocycles. The van der Waals surface area contributed by atoms with Crippen LogP contribution in [0, 0.1) is 0 Å². The Bertz CT molecular complexity index is 713. The Balaban J connectivity index is 1.52. The first-order chi connectivity index (χ1) is 10.8. The Morgan fingerprint density at radius 3 is 3.23 bits per heavy atom. The van der Waals surface area contributed by atoms with Crippen molar-refractivity contribution in [2.75, 3.05) is 26.2 Å². The third-order valence-corrected chi connectivity index (χ3v) is 3.93. The highest BCUT2D eigenvalue weighted by atomic mass is 16.5. The van der Waals surface area contributed by atoms with Gasteiger partial charge in [0.1, 0.15) is 12.3 Å². The van der Waals surface area contributed by atoms with Crippen LogP contribution in [-0.2, 0) is 17.8 Å². The molecule has 0 radical (unpaired) electrons. The van der Waals surface area contributed by atoms with E-state index in [4.69, 9.17) is 9.26 Å². The van der Waals surface area contributed by atoms with Gasteiger partial charge in [-0.15, -0.1) is 0 Å². The second-order valence-corrected chi connectivity index (χ2v) is 5.42. The maximum absolute atomic E-state index is 11.8. The molecule has 1 N–H and O–H groups in total. The molecule has 114 valence electrons. The van der Waals surface area contributed by atoms with E-state index in [1.165, 1.54) is 5.56 Å². The maximum atomic E-state index is 11.8. The number of hydrogen-bond donors (Lipinski definition) is 1. The van der Waals surface area contributed by atoms with Crippen molar-refractivity contribution in [2.45, 2.75) is 13.0 Å². The van der Waals surface area contributed by atoms with E-state index in [2.05, 4.69) is 15.5 Å². The molecule has 0 aliphatic carbocycles. The van der Waals surface area contributed by atoms with E-state index in [1.54, 1.807) is 4.90 Å². The van der Waals surface area contributed by atoms with Crippen LogP contribution in [-0.4, -0.2) is 47.2 Å². The summed E-state index contributed by atoms with van der Waals surface area (Å²) < 4.78 is 10.8. The van der Waals surface area contributed by atoms with E-state index in [1.807, 2.05) is 18.2 Å². The van der Waals surface area contributed by atoms with Gasteiger partial charge in [-0.2, -0.15) is 4.98 Å². The number of hydrogen-bond acceptors (Lipinski definition) is 6. The summed E-state index contributed by atoms with van der Waals surface area (Å²) in [6.45, 7) is 2.90. The molecule has 7 nitrogen and oxygen atoms in total. The number of ether oxygens (including phenoxy) is 1. The smallest absolute Gasteiger partial charge is 0.246 e. The van der Waals surface area contributed by atoms with Crippen molar-refractivity contribution < 1.29 is 14.1 Å². The van der Waals surface area contributed by atoms with Crippen LogP contribution in [0.4, 0.5) is 0 Å². The minimum absolute atomic E-state index is 0.0562. The van der Waals surface area contributed by atoms with Crippen LogP contribution in [0.15, 0.2) is 22.7 Å². The third-order valence-electron chi connectivity index (χ3n) is 3.93. The summed E-state index contributed by atoms with van der Waals surface area (Å²) in [6.07, 6.45) is 0.906. The van der Waals surface area contributed by atoms with Gasteiger partial charge in [0.15, 0.2) is 0 Å². The number of fused-ring (bicyclic) bond motifs is 1. The summed E-state index contributed by atoms with van der Waals surface area (Å²) in [5.41, 5.74) is 2.08. The van der Waals surface area contributed by atoms with Gasteiger partial charge in [0.05, 0.1) is 13.2 Å². The summed E-state index contributed by atoms with van der Waals surface area (Å²) >= 11 is 0. The molecule has 0 spiro atoms. The lowest BCUT2D eigenvalue weighted by Gasteiger charge is -2.25. The van der Waals surface area contributed by atoms with Gasteiger partial charge in [-0.1, -0.05) is 5.16 Å². The second kappa shape index (κ2) is 5.42. The largest absolute Gasteiger partial charge is 0.493 e. The molecule has 1 saturated heterocycles. The molecule has 1 amide bonds. The lowest BCUT2D eigenvalue weighted by Crippen LogP contribution is -2.47. The monoisotopic (exact) mass is 300 g/mol. The van der Waals surface area contributed by atoms with Crippen LogP contribution in [0.25, 0.3) is 11.4 Å². The number of rotatable bonds is 3. The fourth-order valence-electron chi connectivity index (χ4n) is 2.74. The fourth-order valence-corrected chi connectivity index (χ4v) is 2.74. The summed E-state index contributed by atoms with van der Waals surface area (Å²) in [7, 11) is 0. The highest BCUT2D eigenvalue weighted by molar-refractivity contribution is 5.78. The Morgan fingerprint density at radius 2 is 2.32 bits per heavy atom. The van der Waals surface area contributed by atoms with E-state index in [0.29, 0.717) is 31.3 Å². The molecule has 22 heavy (non-hydrogen) atoms. The highest BCUT2D eigenvalue weighted by Gasteiger charge is 2.21. The summed E-state index contributed by atoms with van der Waals surface area (Å²) in [5.74, 6) is 1.99. The maximum Gasteiger partial charge on any atom is 0.246 e. The SMILES string of the molecule is O=C1CNCCN1Cc1nc(-c2ccc3c(c2)CCO3)no1. The van der Waals surface area contributed by atoms with Crippen molar-refractivity contribution in [3.63, 3.8) is 0 Å². The minimum atomic E-state index is 0.0562. The van der Waals surface area contributed by atoms with Gasteiger partial charge < -0.3 is 19.5 Å². The van der Waals surface area contributed by atoms with Gasteiger partial charge in [-0.3, -0.25) is 4.79 Å². The predicted molar refractivity (Wildman–Crippen MR) is 77.2 cm³/mol. The first-order valence-electron chi connectivity index (χ1n) is 7.37. The molecule has 2 aliphatic heterocycles. The second-order valence-electron chi connectivity index (χ2n) is 5.42. The van der Waals surface area contributed by atoms with Gasteiger partial charge in [0.25, 0.3) is 0 Å². The van der Waals surface area contributed by atoms with E-state index in [9.17, 15) is 4.79 Å². The molecule has 2 aliphatic rings. The van der Waals surface area contributed by atoms with Crippen molar-refractivity contribution >= 4 is 5.91 Å². The Morgan fingerprint density at radius 1 is 1.36 bits per heavy atom. The standard InChI is InChI=1S/C15H16N4O3/c20-14-8-16-4-5-19(14)9-13-17-15(18-22-13)11-1-2-12-10(7-11)3-6-21-12/h1-2,7,16H,3-6,8-9H2. The van der Waals surface area contributed by atoms with Crippen LogP contribution in [0.1, 0.15) is 11.5 Å². The Labute approximate surface area is 127 Å². The molecule has 2 aromatic rings. The van der Waals surface area contributed by atoms with Crippen LogP contribution in [0.5, 0.6) is 5.75 Å². The molecular weight excluding hydrogens is 284 g/mol. The Hall–Kier alpha value is -2.41. The van der Waals surface area contributed by atoms with Crippen molar-refractivity contribution in [3.05, 3.63) is 29.7 Å². The molecular formula is C15H16N4O3. The fraction of sp³-hybridized carbons (Fsp3) is 0.400. The van der Waals surface area contributed by atoms with Crippen LogP contribution < -0.4 is 10.1 Å². The molecule has 0 unspecified atom stereocenters. The zero-order valence-electron chi connectivity index (χ0n) is 12.0. The quantitative estimate of drug-likeness (QED) is 0.894. The first-order valence-corrected chi connectivity index (χ1v) is 7.37. The summed E-state index contributed by atoms with van der Waals surface area (Å²) in [4.78, 5) is 17.9. The van der Waals surface area contributed by atoms with E-state index >= 15 is 0 Å². The molecule has 0 bridgehead atoms. The molecule has 0 atom stereocenters. The highest BCUT2D eigenvalue weighted by Crippen LogP contribution is 2.29. The summed E-state index contributed by atoms with van der Waals surface area (Å²) in [6, 6.07) is 5.90. The lowest BCUT2D eigenvalue weighted by atomic mass is 10.1. The lowest BCUT2D eigenvalue weighted by molar-refractivity contribution is -0.132. The molecule has 1 fully saturated rings. The Kier molecular flexibility index (Phi) is 3.27. The van der Waals surface area contributed by atoms with Crippen molar-refractivity contribution in [1.82, 2.24) is 20.4 Å². The van der Waals surface area contributed by atoms with Crippen molar-refractivity contribution in [3.8, 4) is 17.1 Å². The number of aromatic nitrogens is 2. The molecule has 1 aromatic heterocycles. The van der Waals surface area contributed by atoms with Gasteiger partial charge >= 0.3 is 0 Å². The van der Waals surface area contributed by atoms with Crippen LogP contribution >= 0.6 is 0 Å². The van der Waals surface area contributed by atoms with Gasteiger partial charge in [0, 0.05) is 25.1 Å². The van der Waals surface area contributed by atoms with E-state index in [0.717, 1.165) is 30.9 Å². The van der Waals surface area contributed by atoms with Crippen LogP contribution in [0.3, 0.4) is 0 Å². The predicted octanol–water partition coefficient (Wildman–Crippen LogP) is 0.603. The zero-order chi connectivity index (χ0) is 14.9. The molecule has 4 rings (SSSR count). The molecule has 7 heteroatoms. The average molecular weight is 300 g/mol. The van der Waals surface area contributed by atoms with Crippen molar-refractivity contribution in [2.24, 2.45) is 0 Å². The number of nitrogens with one attached hydrogen (secondary N) is 1. The van der Waals surface area contributed by atoms with E-state index < -0.39 is 0 Å². The van der Waals surface area contributed by atoms with Crippen LogP contribution in [0.2, 0.25) is 0 Å². The van der Waals surface area contributed by atoms with E-state index in [-0.39, 0.29) is 5.91 Å². The van der Waals surface area contributed by atoms with Gasteiger partial charge in [0.2, 0.25) is 17.6 Å². The number of nitrogens with zero attached hydrogens (tertiary/aromatic N) is 3. The minimum Gasteiger partial charge on any atom is -0.493 e. The summed E-state index contributed by atoms with van der Waals surface area (Å²) in [5, 5.41) is 7.06. The molecule has 3 heterocycles. The molecule has 0 saturated carbocycles. The number of carbonyl (C=O) groups is 1. The van der Waals surface area contributed by atoms with Gasteiger partial charge in [-0.25, -0.2) is 0 Å². The topological polar surface area (TPSA) is 80.5 Å². The van der Waals surface area contributed by atoms with Crippen molar-refractivity contribution in [1.29, 1.82) is 0 Å². The first kappa shape index (κ1) is 13.3. The number of benzene rings is 1. The average Bonchev–Trinajstić information content (AvgIpc) is 3.17. The van der Waals surface area contributed by atoms with Gasteiger partial charge in [-0.05, 0) is 23.8 Å². The number of piperazine rings is 1. The third kappa shape index (κ3) is 2.43. The number of carbonyl (C=O) groups excluding carboxylic acids is 1. The number of amides is 1.